The average molecular weight is 496 g/mol. The highest BCUT2D eigenvalue weighted by atomic mass is 19.1. The summed E-state index contributed by atoms with van der Waals surface area (Å²) in [5.74, 6) is 0.595. The number of hydrogen-bond acceptors (Lipinski definition) is 2. The summed E-state index contributed by atoms with van der Waals surface area (Å²) in [5, 5.41) is 8.52. The molecule has 3 nitrogen and oxygen atoms in total. The molecule has 0 atom stereocenters. The van der Waals surface area contributed by atoms with Crippen LogP contribution in [-0.4, -0.2) is 22.0 Å². The minimum atomic E-state index is -0.500. The second-order valence-corrected chi connectivity index (χ2v) is 11.2. The van der Waals surface area contributed by atoms with E-state index >= 15 is 0 Å². The molecule has 2 aromatic rings. The minimum absolute atomic E-state index is 0.162. The van der Waals surface area contributed by atoms with Crippen molar-refractivity contribution in [1.29, 1.82) is 0 Å². The predicted molar refractivity (Wildman–Crippen MR) is 149 cm³/mol. The van der Waals surface area contributed by atoms with Gasteiger partial charge in [-0.25, -0.2) is 4.39 Å². The standard InChI is InChI=1S/C21H29NO.C7H7F.C4H10O/c1-4-18-15(2)20-12-22(14-23)13-21(20)16(3)19(18)11-10-17-8-6-5-7-9-17;1-6-3-2-4-7(8)5-6;1-4(2,3)5/h10-11,14,17H,4-9,12-13H2,1-3H3;2-5H,1H3;5H,1-3H3/b11-10+;;. The van der Waals surface area contributed by atoms with E-state index in [0.29, 0.717) is 0 Å². The normalized spacial score (nSPS) is 15.6. The maximum absolute atomic E-state index is 12.2. The van der Waals surface area contributed by atoms with Gasteiger partial charge in [0.25, 0.3) is 0 Å². The molecule has 198 valence electrons. The number of fused-ring (bicyclic) bond motifs is 1. The zero-order valence-corrected chi connectivity index (χ0v) is 23.5. The van der Waals surface area contributed by atoms with Crippen LogP contribution in [0.4, 0.5) is 4.39 Å². The lowest BCUT2D eigenvalue weighted by molar-refractivity contribution is -0.118. The Morgan fingerprint density at radius 3 is 2.08 bits per heavy atom. The Balaban J connectivity index is 0.000000288. The minimum Gasteiger partial charge on any atom is -0.391 e. The van der Waals surface area contributed by atoms with Crippen LogP contribution in [0.2, 0.25) is 0 Å². The van der Waals surface area contributed by atoms with E-state index in [0.717, 1.165) is 37.4 Å². The molecule has 1 saturated carbocycles. The van der Waals surface area contributed by atoms with Gasteiger partial charge in [0.05, 0.1) is 5.60 Å². The Kier molecular flexibility index (Phi) is 11.4. The Morgan fingerprint density at radius 1 is 1.03 bits per heavy atom. The van der Waals surface area contributed by atoms with Gasteiger partial charge in [-0.15, -0.1) is 0 Å². The quantitative estimate of drug-likeness (QED) is 0.439. The number of halogens is 1. The summed E-state index contributed by atoms with van der Waals surface area (Å²) in [6, 6.07) is 6.50. The Hall–Kier alpha value is -2.46. The van der Waals surface area contributed by atoms with Gasteiger partial charge in [0.2, 0.25) is 6.41 Å². The lowest BCUT2D eigenvalue weighted by atomic mass is 9.85. The molecule has 1 N–H and O–H groups in total. The van der Waals surface area contributed by atoms with E-state index in [9.17, 15) is 9.18 Å². The summed E-state index contributed by atoms with van der Waals surface area (Å²) < 4.78 is 12.2. The number of nitrogens with zero attached hydrogens (tertiary/aromatic N) is 1. The largest absolute Gasteiger partial charge is 0.391 e. The number of aliphatic hydroxyl groups is 1. The predicted octanol–water partition coefficient (Wildman–Crippen LogP) is 7.84. The van der Waals surface area contributed by atoms with Crippen molar-refractivity contribution in [2.45, 2.75) is 106 Å². The summed E-state index contributed by atoms with van der Waals surface area (Å²) in [5.41, 5.74) is 8.92. The molecule has 1 aliphatic carbocycles. The Bertz CT molecular complexity index is 1010. The molecule has 0 spiro atoms. The molecule has 1 heterocycles. The molecule has 0 bridgehead atoms. The van der Waals surface area contributed by atoms with Gasteiger partial charge in [-0.05, 0) is 118 Å². The van der Waals surface area contributed by atoms with Gasteiger partial charge in [0, 0.05) is 13.1 Å². The molecule has 1 aliphatic heterocycles. The van der Waals surface area contributed by atoms with Crippen molar-refractivity contribution in [1.82, 2.24) is 4.90 Å². The van der Waals surface area contributed by atoms with Gasteiger partial charge >= 0.3 is 0 Å². The number of carbonyl (C=O) groups excluding carboxylic acids is 1. The van der Waals surface area contributed by atoms with E-state index in [1.165, 1.54) is 77.6 Å². The Morgan fingerprint density at radius 2 is 1.61 bits per heavy atom. The molecule has 4 rings (SSSR count). The maximum atomic E-state index is 12.2. The summed E-state index contributed by atoms with van der Waals surface area (Å²) >= 11 is 0. The van der Waals surface area contributed by atoms with Crippen LogP contribution in [0.15, 0.2) is 30.3 Å². The summed E-state index contributed by atoms with van der Waals surface area (Å²) in [6.07, 6.45) is 13.8. The zero-order chi connectivity index (χ0) is 26.9. The first-order valence-electron chi connectivity index (χ1n) is 13.4. The first-order chi connectivity index (χ1) is 16.9. The van der Waals surface area contributed by atoms with Gasteiger partial charge in [-0.2, -0.15) is 0 Å². The molecule has 0 radical (unpaired) electrons. The van der Waals surface area contributed by atoms with Crippen LogP contribution < -0.4 is 0 Å². The van der Waals surface area contributed by atoms with Crippen LogP contribution in [0, 0.1) is 32.5 Å². The molecule has 1 amide bonds. The fraction of sp³-hybridized carbons (Fsp3) is 0.531. The van der Waals surface area contributed by atoms with Crippen LogP contribution in [0.3, 0.4) is 0 Å². The molecular formula is C32H46FNO2. The number of allylic oxidation sites excluding steroid dienone is 1. The highest BCUT2D eigenvalue weighted by molar-refractivity contribution is 5.66. The smallest absolute Gasteiger partial charge is 0.210 e. The van der Waals surface area contributed by atoms with Gasteiger partial charge < -0.3 is 10.0 Å². The fourth-order valence-corrected chi connectivity index (χ4v) is 5.04. The van der Waals surface area contributed by atoms with Crippen molar-refractivity contribution in [3.8, 4) is 0 Å². The summed E-state index contributed by atoms with van der Waals surface area (Å²) in [6.45, 7) is 15.4. The molecular weight excluding hydrogens is 449 g/mol. The van der Waals surface area contributed by atoms with E-state index < -0.39 is 5.60 Å². The molecule has 36 heavy (non-hydrogen) atoms. The van der Waals surface area contributed by atoms with Gasteiger partial charge in [-0.3, -0.25) is 4.79 Å². The third-order valence-corrected chi connectivity index (χ3v) is 6.84. The number of rotatable bonds is 4. The molecule has 1 fully saturated rings. The van der Waals surface area contributed by atoms with Crippen LogP contribution in [0.5, 0.6) is 0 Å². The zero-order valence-electron chi connectivity index (χ0n) is 23.5. The Labute approximate surface area is 218 Å². The van der Waals surface area contributed by atoms with E-state index in [1.54, 1.807) is 26.8 Å². The average Bonchev–Trinajstić information content (AvgIpc) is 3.26. The molecule has 4 heteroatoms. The lowest BCUT2D eigenvalue weighted by Gasteiger charge is -2.20. The van der Waals surface area contributed by atoms with Crippen LogP contribution in [0.1, 0.15) is 98.7 Å². The highest BCUT2D eigenvalue weighted by Gasteiger charge is 2.25. The highest BCUT2D eigenvalue weighted by Crippen LogP contribution is 2.35. The van der Waals surface area contributed by atoms with E-state index in [4.69, 9.17) is 5.11 Å². The van der Waals surface area contributed by atoms with Crippen molar-refractivity contribution >= 4 is 12.5 Å². The fourth-order valence-electron chi connectivity index (χ4n) is 5.04. The molecule has 0 aromatic heterocycles. The SMILES string of the molecule is CC(C)(C)O.CCc1c(C)c2c(c(C)c1/C=C/C1CCCCC1)CN(C=O)C2.Cc1cccc(F)c1. The monoisotopic (exact) mass is 495 g/mol. The van der Waals surface area contributed by atoms with Crippen LogP contribution in [0.25, 0.3) is 6.08 Å². The second kappa shape index (κ2) is 13.7. The van der Waals surface area contributed by atoms with Crippen molar-refractivity contribution in [2.75, 3.05) is 0 Å². The number of hydrogen-bond donors (Lipinski definition) is 1. The first kappa shape index (κ1) is 29.8. The number of carbonyl (C=O) groups is 1. The lowest BCUT2D eigenvalue weighted by Crippen LogP contribution is -2.12. The maximum Gasteiger partial charge on any atom is 0.210 e. The van der Waals surface area contributed by atoms with E-state index in [-0.39, 0.29) is 5.82 Å². The number of benzene rings is 2. The third-order valence-electron chi connectivity index (χ3n) is 6.84. The van der Waals surface area contributed by atoms with Gasteiger partial charge in [0.1, 0.15) is 5.82 Å². The van der Waals surface area contributed by atoms with Crippen LogP contribution in [-0.2, 0) is 24.3 Å². The van der Waals surface area contributed by atoms with Gasteiger partial charge in [-0.1, -0.05) is 50.5 Å². The van der Waals surface area contributed by atoms with E-state index in [2.05, 4.69) is 32.9 Å². The summed E-state index contributed by atoms with van der Waals surface area (Å²) in [7, 11) is 0. The topological polar surface area (TPSA) is 40.5 Å². The molecule has 2 aliphatic rings. The third kappa shape index (κ3) is 9.20. The van der Waals surface area contributed by atoms with Crippen molar-refractivity contribution in [3.63, 3.8) is 0 Å². The number of aryl methyl sites for hydroxylation is 1. The van der Waals surface area contributed by atoms with Gasteiger partial charge in [0.15, 0.2) is 0 Å². The first-order valence-corrected chi connectivity index (χ1v) is 13.4. The second-order valence-electron chi connectivity index (χ2n) is 11.2. The van der Waals surface area contributed by atoms with E-state index in [1.807, 2.05) is 17.9 Å². The van der Waals surface area contributed by atoms with Crippen molar-refractivity contribution in [3.05, 3.63) is 75.1 Å². The van der Waals surface area contributed by atoms with Crippen molar-refractivity contribution in [2.24, 2.45) is 5.92 Å². The number of amides is 1. The molecule has 2 aromatic carbocycles. The molecule has 0 saturated heterocycles. The van der Waals surface area contributed by atoms with Crippen LogP contribution >= 0.6 is 0 Å². The summed E-state index contributed by atoms with van der Waals surface area (Å²) in [4.78, 5) is 13.1. The van der Waals surface area contributed by atoms with Crippen molar-refractivity contribution < 1.29 is 14.3 Å². The molecule has 0 unspecified atom stereocenters.